The molecule has 0 radical (unpaired) electrons. The van der Waals surface area contributed by atoms with Crippen molar-refractivity contribution in [3.8, 4) is 0 Å². The van der Waals surface area contributed by atoms with Gasteiger partial charge in [-0.05, 0) is 6.42 Å². The molecule has 0 aromatic carbocycles. The predicted octanol–water partition coefficient (Wildman–Crippen LogP) is 0.479. The van der Waals surface area contributed by atoms with Gasteiger partial charge in [0.2, 0.25) is 5.91 Å². The lowest BCUT2D eigenvalue weighted by Gasteiger charge is -2.23. The van der Waals surface area contributed by atoms with Crippen LogP contribution in [0.3, 0.4) is 0 Å². The van der Waals surface area contributed by atoms with E-state index in [0.29, 0.717) is 31.7 Å². The molecule has 0 bridgehead atoms. The Bertz CT molecular complexity index is 789. The van der Waals surface area contributed by atoms with Gasteiger partial charge in [-0.2, -0.15) is 5.10 Å². The van der Waals surface area contributed by atoms with Crippen molar-refractivity contribution >= 4 is 17.5 Å². The van der Waals surface area contributed by atoms with Gasteiger partial charge in [-0.15, -0.1) is 0 Å². The molecule has 1 atom stereocenters. The quantitative estimate of drug-likeness (QED) is 0.801. The molecule has 4 rings (SSSR count). The fourth-order valence-electron chi connectivity index (χ4n) is 3.63. The van der Waals surface area contributed by atoms with Crippen LogP contribution in [-0.4, -0.2) is 56.1 Å². The summed E-state index contributed by atoms with van der Waals surface area (Å²) in [5.74, 6) is -0.0240. The van der Waals surface area contributed by atoms with E-state index in [0.717, 1.165) is 12.1 Å². The minimum Gasteiger partial charge on any atom is -0.337 e. The largest absolute Gasteiger partial charge is 0.337 e. The summed E-state index contributed by atoms with van der Waals surface area (Å²) in [4.78, 5) is 36.6. The van der Waals surface area contributed by atoms with Gasteiger partial charge in [0.25, 0.3) is 5.91 Å². The van der Waals surface area contributed by atoms with E-state index in [1.165, 1.54) is 12.4 Å². The maximum absolute atomic E-state index is 12.5. The molecule has 2 aromatic rings. The number of hydrogen-bond acceptors (Lipinski definition) is 5. The molecular formula is C16H18N6O2. The molecule has 0 saturated carbocycles. The first-order valence-electron chi connectivity index (χ1n) is 7.91. The summed E-state index contributed by atoms with van der Waals surface area (Å²) in [5, 5.41) is 4.14. The summed E-state index contributed by atoms with van der Waals surface area (Å²) in [6.45, 7) is 1.84. The van der Waals surface area contributed by atoms with Crippen LogP contribution in [0.15, 0.2) is 31.0 Å². The van der Waals surface area contributed by atoms with Gasteiger partial charge in [-0.3, -0.25) is 19.3 Å². The molecule has 0 N–H and O–H groups in total. The van der Waals surface area contributed by atoms with Gasteiger partial charge < -0.3 is 9.80 Å². The zero-order valence-electron chi connectivity index (χ0n) is 13.4. The number of amides is 2. The van der Waals surface area contributed by atoms with Crippen LogP contribution in [0.2, 0.25) is 0 Å². The first-order chi connectivity index (χ1) is 11.6. The Hall–Kier alpha value is -2.77. The van der Waals surface area contributed by atoms with Gasteiger partial charge in [-0.25, -0.2) is 4.98 Å². The van der Waals surface area contributed by atoms with E-state index in [9.17, 15) is 9.59 Å². The zero-order chi connectivity index (χ0) is 16.7. The van der Waals surface area contributed by atoms with Gasteiger partial charge in [-0.1, -0.05) is 0 Å². The Morgan fingerprint density at radius 1 is 1.25 bits per heavy atom. The number of carbonyl (C=O) groups excluding carboxylic acids is 2. The lowest BCUT2D eigenvalue weighted by atomic mass is 9.86. The van der Waals surface area contributed by atoms with E-state index in [1.54, 1.807) is 26.9 Å². The highest BCUT2D eigenvalue weighted by Crippen LogP contribution is 2.41. The molecule has 2 aliphatic heterocycles. The summed E-state index contributed by atoms with van der Waals surface area (Å²) in [6.07, 6.45) is 9.37. The fourth-order valence-corrected chi connectivity index (χ4v) is 3.63. The van der Waals surface area contributed by atoms with Crippen molar-refractivity contribution in [1.29, 1.82) is 0 Å². The molecular weight excluding hydrogens is 308 g/mol. The topological polar surface area (TPSA) is 84.2 Å². The Morgan fingerprint density at radius 3 is 2.83 bits per heavy atom. The minimum absolute atomic E-state index is 0.0943. The maximum atomic E-state index is 12.5. The highest BCUT2D eigenvalue weighted by atomic mass is 16.2. The SMILES string of the molecule is Cn1cc(N2CC3(CCN(C(=O)c4cnccn4)C3)CC2=O)cn1. The first kappa shape index (κ1) is 14.8. The van der Waals surface area contributed by atoms with Crippen LogP contribution in [-0.2, 0) is 11.8 Å². The van der Waals surface area contributed by atoms with E-state index in [1.807, 2.05) is 13.2 Å². The molecule has 4 heterocycles. The van der Waals surface area contributed by atoms with Crippen molar-refractivity contribution in [1.82, 2.24) is 24.6 Å². The van der Waals surface area contributed by atoms with Crippen molar-refractivity contribution in [2.75, 3.05) is 24.5 Å². The van der Waals surface area contributed by atoms with Gasteiger partial charge in [0.1, 0.15) is 5.69 Å². The van der Waals surface area contributed by atoms with Gasteiger partial charge in [0.05, 0.1) is 18.1 Å². The standard InChI is InChI=1S/C16H18N6O2/c1-20-9-12(7-19-20)22-11-16(6-14(22)23)2-5-21(10-16)15(24)13-8-17-3-4-18-13/h3-4,7-9H,2,5-6,10-11H2,1H3. The second-order valence-corrected chi connectivity index (χ2v) is 6.60. The molecule has 2 amide bonds. The van der Waals surface area contributed by atoms with Crippen LogP contribution in [0.4, 0.5) is 5.69 Å². The van der Waals surface area contributed by atoms with E-state index < -0.39 is 0 Å². The molecule has 2 aromatic heterocycles. The smallest absolute Gasteiger partial charge is 0.274 e. The summed E-state index contributed by atoms with van der Waals surface area (Å²) in [6, 6.07) is 0. The second-order valence-electron chi connectivity index (χ2n) is 6.60. The van der Waals surface area contributed by atoms with E-state index in [4.69, 9.17) is 0 Å². The van der Waals surface area contributed by atoms with Crippen molar-refractivity contribution in [2.45, 2.75) is 12.8 Å². The fraction of sp³-hybridized carbons (Fsp3) is 0.438. The Morgan fingerprint density at radius 2 is 2.12 bits per heavy atom. The zero-order valence-corrected chi connectivity index (χ0v) is 13.4. The number of likely N-dealkylation sites (tertiary alicyclic amines) is 1. The van der Waals surface area contributed by atoms with Crippen molar-refractivity contribution in [2.24, 2.45) is 12.5 Å². The number of hydrogen-bond donors (Lipinski definition) is 0. The van der Waals surface area contributed by atoms with Gasteiger partial charge in [0.15, 0.2) is 0 Å². The molecule has 24 heavy (non-hydrogen) atoms. The summed E-state index contributed by atoms with van der Waals surface area (Å²) < 4.78 is 1.69. The summed E-state index contributed by atoms with van der Waals surface area (Å²) in [7, 11) is 1.83. The van der Waals surface area contributed by atoms with E-state index in [-0.39, 0.29) is 17.2 Å². The molecule has 2 aliphatic rings. The lowest BCUT2D eigenvalue weighted by molar-refractivity contribution is -0.117. The van der Waals surface area contributed by atoms with Crippen molar-refractivity contribution in [3.63, 3.8) is 0 Å². The highest BCUT2D eigenvalue weighted by molar-refractivity contribution is 5.97. The molecule has 8 heteroatoms. The molecule has 2 saturated heterocycles. The van der Waals surface area contributed by atoms with Crippen LogP contribution in [0.1, 0.15) is 23.3 Å². The molecule has 2 fully saturated rings. The molecule has 0 aliphatic carbocycles. The van der Waals surface area contributed by atoms with Crippen molar-refractivity contribution < 1.29 is 9.59 Å². The highest BCUT2D eigenvalue weighted by Gasteiger charge is 2.49. The number of anilines is 1. The molecule has 124 valence electrons. The number of carbonyl (C=O) groups is 2. The average Bonchev–Trinajstić information content (AvgIpc) is 3.27. The lowest BCUT2D eigenvalue weighted by Crippen LogP contribution is -2.34. The number of aromatic nitrogens is 4. The second kappa shape index (κ2) is 5.40. The van der Waals surface area contributed by atoms with Gasteiger partial charge in [0, 0.05) is 57.1 Å². The van der Waals surface area contributed by atoms with Gasteiger partial charge >= 0.3 is 0 Å². The van der Waals surface area contributed by atoms with E-state index >= 15 is 0 Å². The Kier molecular flexibility index (Phi) is 3.33. The minimum atomic E-state index is -0.176. The number of rotatable bonds is 2. The summed E-state index contributed by atoms with van der Waals surface area (Å²) in [5.41, 5.74) is 0.992. The third-order valence-electron chi connectivity index (χ3n) is 4.83. The normalized spacial score (nSPS) is 23.5. The maximum Gasteiger partial charge on any atom is 0.274 e. The number of nitrogens with zero attached hydrogens (tertiary/aromatic N) is 6. The van der Waals surface area contributed by atoms with Crippen LogP contribution >= 0.6 is 0 Å². The molecule has 1 spiro atoms. The monoisotopic (exact) mass is 326 g/mol. The molecule has 1 unspecified atom stereocenters. The third kappa shape index (κ3) is 2.44. The van der Waals surface area contributed by atoms with Crippen LogP contribution in [0.25, 0.3) is 0 Å². The van der Waals surface area contributed by atoms with E-state index in [2.05, 4.69) is 15.1 Å². The number of aryl methyl sites for hydroxylation is 1. The predicted molar refractivity (Wildman–Crippen MR) is 85.2 cm³/mol. The Balaban J connectivity index is 1.50. The summed E-state index contributed by atoms with van der Waals surface area (Å²) >= 11 is 0. The molecule has 8 nitrogen and oxygen atoms in total. The van der Waals surface area contributed by atoms with Crippen LogP contribution < -0.4 is 4.90 Å². The first-order valence-corrected chi connectivity index (χ1v) is 7.91. The Labute approximate surface area is 139 Å². The van der Waals surface area contributed by atoms with Crippen LogP contribution in [0.5, 0.6) is 0 Å². The third-order valence-corrected chi connectivity index (χ3v) is 4.83. The average molecular weight is 326 g/mol. The van der Waals surface area contributed by atoms with Crippen molar-refractivity contribution in [3.05, 3.63) is 36.7 Å². The van der Waals surface area contributed by atoms with Crippen LogP contribution in [0, 0.1) is 5.41 Å².